The fraction of sp³-hybridized carbons (Fsp3) is 0.111. The van der Waals surface area contributed by atoms with E-state index in [1.165, 1.54) is 10.7 Å². The van der Waals surface area contributed by atoms with Crippen LogP contribution in [0.15, 0.2) is 71.5 Å². The minimum Gasteiger partial charge on any atom is -0.494 e. The summed E-state index contributed by atoms with van der Waals surface area (Å²) in [4.78, 5) is 12.0. The Hall–Kier alpha value is -2.88. The quantitative estimate of drug-likeness (QED) is 0.741. The Morgan fingerprint density at radius 3 is 2.36 bits per heavy atom. The molecule has 4 nitrogen and oxygen atoms in total. The molecular weight excluding hydrogens is 276 g/mol. The SMILES string of the molecule is CCOc1ccc(-c2ccc(=O)n(-c3ccccc3)n2)cc1. The summed E-state index contributed by atoms with van der Waals surface area (Å²) in [6.45, 7) is 2.59. The maximum Gasteiger partial charge on any atom is 0.271 e. The second-order valence-corrected chi connectivity index (χ2v) is 4.76. The Kier molecular flexibility index (Phi) is 4.01. The third-order valence-corrected chi connectivity index (χ3v) is 3.26. The van der Waals surface area contributed by atoms with Crippen LogP contribution in [0.25, 0.3) is 16.9 Å². The van der Waals surface area contributed by atoms with Crippen molar-refractivity contribution in [3.63, 3.8) is 0 Å². The fourth-order valence-electron chi connectivity index (χ4n) is 2.21. The number of hydrogen-bond acceptors (Lipinski definition) is 3. The van der Waals surface area contributed by atoms with E-state index in [2.05, 4.69) is 5.10 Å². The first-order valence-electron chi connectivity index (χ1n) is 7.17. The van der Waals surface area contributed by atoms with Crippen molar-refractivity contribution in [3.8, 4) is 22.7 Å². The van der Waals surface area contributed by atoms with Crippen molar-refractivity contribution in [2.75, 3.05) is 6.61 Å². The molecule has 0 aliphatic heterocycles. The van der Waals surface area contributed by atoms with E-state index in [1.807, 2.05) is 61.5 Å². The van der Waals surface area contributed by atoms with Crippen molar-refractivity contribution in [2.45, 2.75) is 6.92 Å². The van der Waals surface area contributed by atoms with Crippen LogP contribution >= 0.6 is 0 Å². The summed E-state index contributed by atoms with van der Waals surface area (Å²) in [5.74, 6) is 0.822. The predicted molar refractivity (Wildman–Crippen MR) is 86.4 cm³/mol. The van der Waals surface area contributed by atoms with Gasteiger partial charge in [-0.2, -0.15) is 9.78 Å². The van der Waals surface area contributed by atoms with Crippen LogP contribution in [0.3, 0.4) is 0 Å². The van der Waals surface area contributed by atoms with Gasteiger partial charge in [0, 0.05) is 11.6 Å². The Balaban J connectivity index is 2.00. The molecule has 2 aromatic carbocycles. The van der Waals surface area contributed by atoms with Gasteiger partial charge in [0.2, 0.25) is 0 Å². The molecule has 0 atom stereocenters. The molecule has 1 aromatic heterocycles. The number of para-hydroxylation sites is 1. The van der Waals surface area contributed by atoms with Crippen molar-refractivity contribution >= 4 is 0 Å². The third kappa shape index (κ3) is 2.91. The molecule has 0 N–H and O–H groups in total. The van der Waals surface area contributed by atoms with Crippen molar-refractivity contribution in [3.05, 3.63) is 77.1 Å². The Morgan fingerprint density at radius 2 is 1.68 bits per heavy atom. The average molecular weight is 292 g/mol. The van der Waals surface area contributed by atoms with Gasteiger partial charge in [-0.25, -0.2) is 0 Å². The highest BCUT2D eigenvalue weighted by molar-refractivity contribution is 5.59. The lowest BCUT2D eigenvalue weighted by Gasteiger charge is -2.08. The average Bonchev–Trinajstić information content (AvgIpc) is 2.57. The zero-order valence-electron chi connectivity index (χ0n) is 12.3. The van der Waals surface area contributed by atoms with Gasteiger partial charge in [0.25, 0.3) is 5.56 Å². The lowest BCUT2D eigenvalue weighted by molar-refractivity contribution is 0.340. The van der Waals surface area contributed by atoms with E-state index in [9.17, 15) is 4.79 Å². The van der Waals surface area contributed by atoms with Gasteiger partial charge in [-0.1, -0.05) is 18.2 Å². The van der Waals surface area contributed by atoms with Gasteiger partial charge in [-0.05, 0) is 49.4 Å². The molecular formula is C18H16N2O2. The lowest BCUT2D eigenvalue weighted by atomic mass is 10.1. The van der Waals surface area contributed by atoms with Crippen molar-refractivity contribution in [2.24, 2.45) is 0 Å². The second-order valence-electron chi connectivity index (χ2n) is 4.76. The van der Waals surface area contributed by atoms with Crippen LogP contribution in [-0.2, 0) is 0 Å². The predicted octanol–water partition coefficient (Wildman–Crippen LogP) is 3.30. The van der Waals surface area contributed by atoms with Crippen molar-refractivity contribution in [1.82, 2.24) is 9.78 Å². The number of aromatic nitrogens is 2. The molecule has 0 fully saturated rings. The topological polar surface area (TPSA) is 44.1 Å². The van der Waals surface area contributed by atoms with Gasteiger partial charge >= 0.3 is 0 Å². The molecule has 0 spiro atoms. The number of rotatable bonds is 4. The van der Waals surface area contributed by atoms with E-state index >= 15 is 0 Å². The van der Waals surface area contributed by atoms with Crippen molar-refractivity contribution < 1.29 is 4.74 Å². The van der Waals surface area contributed by atoms with Crippen LogP contribution in [0.4, 0.5) is 0 Å². The number of ether oxygens (including phenoxy) is 1. The fourth-order valence-corrected chi connectivity index (χ4v) is 2.21. The van der Waals surface area contributed by atoms with Gasteiger partial charge < -0.3 is 4.74 Å². The first-order valence-corrected chi connectivity index (χ1v) is 7.17. The van der Waals surface area contributed by atoms with Crippen LogP contribution in [0, 0.1) is 0 Å². The number of nitrogens with zero attached hydrogens (tertiary/aromatic N) is 2. The second kappa shape index (κ2) is 6.26. The molecule has 0 amide bonds. The lowest BCUT2D eigenvalue weighted by Crippen LogP contribution is -2.20. The first kappa shape index (κ1) is 14.1. The summed E-state index contributed by atoms with van der Waals surface area (Å²) >= 11 is 0. The normalized spacial score (nSPS) is 10.4. The molecule has 110 valence electrons. The zero-order valence-corrected chi connectivity index (χ0v) is 12.3. The molecule has 0 saturated heterocycles. The highest BCUT2D eigenvalue weighted by Crippen LogP contribution is 2.20. The summed E-state index contributed by atoms with van der Waals surface area (Å²) in [5.41, 5.74) is 2.28. The summed E-state index contributed by atoms with van der Waals surface area (Å²) in [6.07, 6.45) is 0. The van der Waals surface area contributed by atoms with Crippen LogP contribution in [0.5, 0.6) is 5.75 Å². The van der Waals surface area contributed by atoms with Crippen LogP contribution in [-0.4, -0.2) is 16.4 Å². The van der Waals surface area contributed by atoms with Crippen LogP contribution < -0.4 is 10.3 Å². The molecule has 4 heteroatoms. The van der Waals surface area contributed by atoms with E-state index in [4.69, 9.17) is 4.74 Å². The van der Waals surface area contributed by atoms with E-state index in [-0.39, 0.29) is 5.56 Å². The summed E-state index contributed by atoms with van der Waals surface area (Å²) < 4.78 is 6.84. The van der Waals surface area contributed by atoms with Crippen molar-refractivity contribution in [1.29, 1.82) is 0 Å². The molecule has 0 radical (unpaired) electrons. The monoisotopic (exact) mass is 292 g/mol. The molecule has 1 heterocycles. The molecule has 0 aliphatic carbocycles. The minimum atomic E-state index is -0.152. The van der Waals surface area contributed by atoms with Gasteiger partial charge in [-0.3, -0.25) is 4.79 Å². The molecule has 0 unspecified atom stereocenters. The highest BCUT2D eigenvalue weighted by atomic mass is 16.5. The molecule has 3 aromatic rings. The Morgan fingerprint density at radius 1 is 0.955 bits per heavy atom. The third-order valence-electron chi connectivity index (χ3n) is 3.26. The van der Waals surface area contributed by atoms with Gasteiger partial charge in [0.05, 0.1) is 18.0 Å². The maximum atomic E-state index is 12.0. The summed E-state index contributed by atoms with van der Waals surface area (Å²) in [6, 6.07) is 20.3. The first-order chi connectivity index (χ1) is 10.8. The van der Waals surface area contributed by atoms with Gasteiger partial charge in [-0.15, -0.1) is 0 Å². The summed E-state index contributed by atoms with van der Waals surface area (Å²) in [5, 5.41) is 4.45. The van der Waals surface area contributed by atoms with E-state index < -0.39 is 0 Å². The summed E-state index contributed by atoms with van der Waals surface area (Å²) in [7, 11) is 0. The molecule has 0 bridgehead atoms. The van der Waals surface area contributed by atoms with Gasteiger partial charge in [0.1, 0.15) is 5.75 Å². The molecule has 22 heavy (non-hydrogen) atoms. The zero-order chi connectivity index (χ0) is 15.4. The molecule has 0 saturated carbocycles. The smallest absolute Gasteiger partial charge is 0.271 e. The Labute approximate surface area is 128 Å². The van der Waals surface area contributed by atoms with E-state index in [0.717, 1.165) is 22.7 Å². The molecule has 3 rings (SSSR count). The van der Waals surface area contributed by atoms with Crippen LogP contribution in [0.1, 0.15) is 6.92 Å². The van der Waals surface area contributed by atoms with E-state index in [0.29, 0.717) is 6.61 Å². The highest BCUT2D eigenvalue weighted by Gasteiger charge is 2.05. The standard InChI is InChI=1S/C18H16N2O2/c1-2-22-16-10-8-14(9-11-16)17-12-13-18(21)20(19-17)15-6-4-3-5-7-15/h3-13H,2H2,1H3. The Bertz CT molecular complexity index is 808. The van der Waals surface area contributed by atoms with Gasteiger partial charge in [0.15, 0.2) is 0 Å². The number of hydrogen-bond donors (Lipinski definition) is 0. The van der Waals surface area contributed by atoms with E-state index in [1.54, 1.807) is 6.07 Å². The largest absolute Gasteiger partial charge is 0.494 e. The minimum absolute atomic E-state index is 0.152. The number of benzene rings is 2. The molecule has 0 aliphatic rings. The van der Waals surface area contributed by atoms with Crippen LogP contribution in [0.2, 0.25) is 0 Å². The maximum absolute atomic E-state index is 12.0.